The number of carbonyl (C=O) groups is 3. The van der Waals surface area contributed by atoms with Crippen LogP contribution in [0.5, 0.6) is 0 Å². The lowest BCUT2D eigenvalue weighted by Gasteiger charge is -2.33. The van der Waals surface area contributed by atoms with Gasteiger partial charge in [-0.25, -0.2) is 9.59 Å². The monoisotopic (exact) mass is 422 g/mol. The van der Waals surface area contributed by atoms with E-state index in [2.05, 4.69) is 0 Å². The topological polar surface area (TPSA) is 98.9 Å². The molecule has 0 spiro atoms. The molecule has 0 unspecified atom stereocenters. The molecule has 0 saturated carbocycles. The first-order valence-electron chi connectivity index (χ1n) is 8.57. The molecular weight excluding hydrogens is 404 g/mol. The number of thioether (sulfide) groups is 1. The number of nitrogens with zero attached hydrogens (tertiary/aromatic N) is 1. The smallest absolute Gasteiger partial charge is 0.338 e. The van der Waals surface area contributed by atoms with Gasteiger partial charge in [0.2, 0.25) is 5.91 Å². The van der Waals surface area contributed by atoms with Gasteiger partial charge in [0.15, 0.2) is 0 Å². The predicted octanol–water partition coefficient (Wildman–Crippen LogP) is 2.52. The summed E-state index contributed by atoms with van der Waals surface area (Å²) in [5.41, 5.74) is 7.07. The number of halogens is 1. The summed E-state index contributed by atoms with van der Waals surface area (Å²) >= 11 is 7.20. The van der Waals surface area contributed by atoms with Crippen LogP contribution in [0, 0.1) is 0 Å². The van der Waals surface area contributed by atoms with Crippen LogP contribution in [0.3, 0.4) is 0 Å². The highest BCUT2D eigenvalue weighted by atomic mass is 35.5. The van der Waals surface area contributed by atoms with Crippen LogP contribution in [0.1, 0.15) is 25.3 Å². The van der Waals surface area contributed by atoms with Gasteiger partial charge in [-0.1, -0.05) is 35.5 Å². The summed E-state index contributed by atoms with van der Waals surface area (Å²) < 4.78 is 10.2. The predicted molar refractivity (Wildman–Crippen MR) is 105 cm³/mol. The molecule has 0 radical (unpaired) electrons. The molecule has 0 bridgehead atoms. The molecule has 9 heteroatoms. The second-order valence-electron chi connectivity index (χ2n) is 6.15. The molecule has 2 aliphatic rings. The molecule has 2 aliphatic heterocycles. The Kier molecular flexibility index (Phi) is 5.71. The Bertz CT molecular complexity index is 909. The van der Waals surface area contributed by atoms with Crippen molar-refractivity contribution in [3.63, 3.8) is 0 Å². The highest BCUT2D eigenvalue weighted by Crippen LogP contribution is 2.49. The first kappa shape index (κ1) is 20.3. The zero-order valence-electron chi connectivity index (χ0n) is 15.5. The minimum Gasteiger partial charge on any atom is -0.466 e. The number of hydrogen-bond acceptors (Lipinski definition) is 7. The Morgan fingerprint density at radius 2 is 1.86 bits per heavy atom. The molecule has 2 N–H and O–H groups in total. The fourth-order valence-electron chi connectivity index (χ4n) is 3.24. The number of hydrogen-bond donors (Lipinski definition) is 1. The maximum Gasteiger partial charge on any atom is 0.338 e. The molecule has 2 heterocycles. The minimum absolute atomic E-state index is 0.0244. The molecule has 0 aliphatic carbocycles. The van der Waals surface area contributed by atoms with Gasteiger partial charge in [0.25, 0.3) is 0 Å². The van der Waals surface area contributed by atoms with Gasteiger partial charge in [0.1, 0.15) is 5.82 Å². The summed E-state index contributed by atoms with van der Waals surface area (Å²) in [6.07, 6.45) is 0. The molecular formula is C19H19ClN2O5S. The van der Waals surface area contributed by atoms with Gasteiger partial charge < -0.3 is 15.2 Å². The number of benzene rings is 1. The molecule has 7 nitrogen and oxygen atoms in total. The normalized spacial score (nSPS) is 21.7. The molecule has 1 amide bonds. The van der Waals surface area contributed by atoms with E-state index in [9.17, 15) is 14.4 Å². The highest BCUT2D eigenvalue weighted by molar-refractivity contribution is 8.04. The van der Waals surface area contributed by atoms with Crippen LogP contribution in [0.2, 0.25) is 5.02 Å². The van der Waals surface area contributed by atoms with Crippen LogP contribution in [-0.2, 0) is 23.9 Å². The molecule has 1 aromatic rings. The van der Waals surface area contributed by atoms with E-state index in [0.29, 0.717) is 15.6 Å². The van der Waals surface area contributed by atoms with Crippen molar-refractivity contribution in [1.29, 1.82) is 0 Å². The fraction of sp³-hybridized carbons (Fsp3) is 0.316. The van der Waals surface area contributed by atoms with E-state index in [1.165, 1.54) is 23.8 Å². The lowest BCUT2D eigenvalue weighted by atomic mass is 9.82. The average Bonchev–Trinajstić information content (AvgIpc) is 2.96. The number of amides is 1. The molecule has 3 rings (SSSR count). The van der Waals surface area contributed by atoms with Gasteiger partial charge in [0.05, 0.1) is 41.1 Å². The van der Waals surface area contributed by atoms with Gasteiger partial charge in [-0.05, 0) is 31.5 Å². The third-order valence-corrected chi connectivity index (χ3v) is 5.92. The zero-order valence-corrected chi connectivity index (χ0v) is 17.1. The van der Waals surface area contributed by atoms with Crippen molar-refractivity contribution in [1.82, 2.24) is 4.90 Å². The minimum atomic E-state index is -0.847. The molecule has 1 aromatic carbocycles. The molecule has 2 atom stereocenters. The summed E-state index contributed by atoms with van der Waals surface area (Å²) in [5, 5.41) is 0.414. The second kappa shape index (κ2) is 7.89. The van der Waals surface area contributed by atoms with Gasteiger partial charge in [0, 0.05) is 5.02 Å². The van der Waals surface area contributed by atoms with E-state index in [4.69, 9.17) is 26.8 Å². The van der Waals surface area contributed by atoms with Crippen molar-refractivity contribution in [2.75, 3.05) is 13.7 Å². The summed E-state index contributed by atoms with van der Waals surface area (Å²) in [5.74, 6) is -2.54. The van der Waals surface area contributed by atoms with Gasteiger partial charge in [-0.3, -0.25) is 9.69 Å². The van der Waals surface area contributed by atoms with Crippen molar-refractivity contribution in [2.24, 2.45) is 5.73 Å². The summed E-state index contributed by atoms with van der Waals surface area (Å²) in [4.78, 5) is 39.4. The Balaban J connectivity index is 2.30. The van der Waals surface area contributed by atoms with E-state index in [0.717, 1.165) is 0 Å². The third kappa shape index (κ3) is 3.27. The van der Waals surface area contributed by atoms with Crippen LogP contribution >= 0.6 is 23.4 Å². The average molecular weight is 423 g/mol. The third-order valence-electron chi connectivity index (χ3n) is 4.49. The first-order chi connectivity index (χ1) is 13.3. The van der Waals surface area contributed by atoms with E-state index >= 15 is 0 Å². The summed E-state index contributed by atoms with van der Waals surface area (Å²) in [6.45, 7) is 3.49. The number of ether oxygens (including phenoxy) is 2. The summed E-state index contributed by atoms with van der Waals surface area (Å²) in [7, 11) is 1.25. The van der Waals surface area contributed by atoms with Crippen LogP contribution in [0.15, 0.2) is 46.3 Å². The Morgan fingerprint density at radius 1 is 1.21 bits per heavy atom. The Labute approximate surface area is 171 Å². The van der Waals surface area contributed by atoms with E-state index in [1.807, 2.05) is 0 Å². The van der Waals surface area contributed by atoms with Gasteiger partial charge >= 0.3 is 11.9 Å². The number of esters is 2. The maximum absolute atomic E-state index is 12.8. The van der Waals surface area contributed by atoms with Crippen LogP contribution in [-0.4, -0.2) is 41.7 Å². The molecule has 28 heavy (non-hydrogen) atoms. The van der Waals surface area contributed by atoms with Crippen molar-refractivity contribution in [2.45, 2.75) is 25.0 Å². The number of carbonyl (C=O) groups excluding carboxylic acids is 3. The Morgan fingerprint density at radius 3 is 2.43 bits per heavy atom. The second-order valence-corrected chi connectivity index (χ2v) is 7.91. The van der Waals surface area contributed by atoms with E-state index < -0.39 is 23.1 Å². The molecule has 1 saturated heterocycles. The quantitative estimate of drug-likeness (QED) is 0.744. The van der Waals surface area contributed by atoms with Gasteiger partial charge in [-0.2, -0.15) is 0 Å². The SMILES string of the molecule is CCOC(=O)C1=C(N)N2C(=O)[C@@H](C)SC2=C(C(=O)OC)[C@H]1c1ccc(Cl)cc1. The van der Waals surface area contributed by atoms with Crippen molar-refractivity contribution < 1.29 is 23.9 Å². The van der Waals surface area contributed by atoms with Crippen LogP contribution < -0.4 is 5.73 Å². The molecule has 148 valence electrons. The van der Waals surface area contributed by atoms with Crippen LogP contribution in [0.25, 0.3) is 0 Å². The number of fused-ring (bicyclic) bond motifs is 1. The lowest BCUT2D eigenvalue weighted by Crippen LogP contribution is -2.40. The van der Waals surface area contributed by atoms with Crippen molar-refractivity contribution in [3.05, 3.63) is 56.8 Å². The molecule has 0 aromatic heterocycles. The largest absolute Gasteiger partial charge is 0.466 e. The zero-order chi connectivity index (χ0) is 20.6. The maximum atomic E-state index is 12.8. The highest BCUT2D eigenvalue weighted by Gasteiger charge is 2.48. The standard InChI is InChI=1S/C19H19ClN2O5S/c1-4-27-19(25)13-12(10-5-7-11(20)8-6-10)14(18(24)26-3)17-22(15(13)21)16(23)9(2)28-17/h5-9,12H,4,21H2,1-3H3/t9-,12+/m1/s1. The van der Waals surface area contributed by atoms with E-state index in [-0.39, 0.29) is 29.5 Å². The lowest BCUT2D eigenvalue weighted by molar-refractivity contribution is -0.139. The fourth-order valence-corrected chi connectivity index (χ4v) is 4.52. The summed E-state index contributed by atoms with van der Waals surface area (Å²) in [6, 6.07) is 6.70. The van der Waals surface area contributed by atoms with Gasteiger partial charge in [-0.15, -0.1) is 0 Å². The number of nitrogens with two attached hydrogens (primary N) is 1. The first-order valence-corrected chi connectivity index (χ1v) is 9.82. The van der Waals surface area contributed by atoms with E-state index in [1.54, 1.807) is 38.1 Å². The number of methoxy groups -OCH3 is 1. The Hall–Kier alpha value is -2.45. The molecule has 1 fully saturated rings. The number of rotatable bonds is 4. The van der Waals surface area contributed by atoms with Crippen molar-refractivity contribution >= 4 is 41.2 Å². The van der Waals surface area contributed by atoms with Crippen molar-refractivity contribution in [3.8, 4) is 0 Å². The van der Waals surface area contributed by atoms with Crippen LogP contribution in [0.4, 0.5) is 0 Å².